The van der Waals surface area contributed by atoms with E-state index in [4.69, 9.17) is 0 Å². The third kappa shape index (κ3) is 3.01. The van der Waals surface area contributed by atoms with Crippen molar-refractivity contribution < 1.29 is 0 Å². The third-order valence-electron chi connectivity index (χ3n) is 5.24. The number of nitrogens with one attached hydrogen (secondary N) is 1. The molecule has 0 spiro atoms. The molecule has 1 aliphatic heterocycles. The van der Waals surface area contributed by atoms with E-state index in [1.54, 1.807) is 0 Å². The van der Waals surface area contributed by atoms with E-state index in [0.717, 1.165) is 19.1 Å². The van der Waals surface area contributed by atoms with E-state index in [-0.39, 0.29) is 0 Å². The molecule has 1 aromatic carbocycles. The smallest absolute Gasteiger partial charge is 0.0373 e. The fourth-order valence-corrected chi connectivity index (χ4v) is 3.70. The molecule has 3 rings (SSSR count). The topological polar surface area (TPSA) is 15.3 Å². The molecule has 2 aliphatic rings. The molecule has 1 aromatic rings. The molecule has 0 amide bonds. The Labute approximate surface area is 123 Å². The van der Waals surface area contributed by atoms with Crippen molar-refractivity contribution >= 4 is 5.69 Å². The Balaban J connectivity index is 1.60. The van der Waals surface area contributed by atoms with E-state index in [0.29, 0.717) is 5.41 Å². The third-order valence-corrected chi connectivity index (χ3v) is 5.24. The van der Waals surface area contributed by atoms with Crippen molar-refractivity contribution in [2.75, 3.05) is 18.9 Å². The molecule has 0 atom stereocenters. The maximum Gasteiger partial charge on any atom is 0.0373 e. The summed E-state index contributed by atoms with van der Waals surface area (Å²) in [6.45, 7) is 7.03. The van der Waals surface area contributed by atoms with Crippen LogP contribution in [0.1, 0.15) is 50.7 Å². The first kappa shape index (κ1) is 13.9. The zero-order valence-electron chi connectivity index (χ0n) is 13.2. The summed E-state index contributed by atoms with van der Waals surface area (Å²) >= 11 is 0. The zero-order valence-corrected chi connectivity index (χ0v) is 13.2. The van der Waals surface area contributed by atoms with E-state index in [2.05, 4.69) is 49.3 Å². The van der Waals surface area contributed by atoms with Crippen molar-refractivity contribution in [2.45, 2.75) is 58.5 Å². The Hall–Kier alpha value is -1.02. The molecule has 2 nitrogen and oxygen atoms in total. The van der Waals surface area contributed by atoms with E-state index in [9.17, 15) is 0 Å². The monoisotopic (exact) mass is 272 g/mol. The first-order valence-electron chi connectivity index (χ1n) is 8.09. The molecule has 1 heterocycles. The molecule has 110 valence electrons. The summed E-state index contributed by atoms with van der Waals surface area (Å²) in [5.74, 6) is 0. The van der Waals surface area contributed by atoms with Gasteiger partial charge in [-0.2, -0.15) is 0 Å². The van der Waals surface area contributed by atoms with Gasteiger partial charge in [-0.1, -0.05) is 26.0 Å². The minimum absolute atomic E-state index is 0.566. The molecule has 0 aromatic heterocycles. The number of nitrogens with zero attached hydrogens (tertiary/aromatic N) is 1. The summed E-state index contributed by atoms with van der Waals surface area (Å²) in [6, 6.07) is 7.73. The van der Waals surface area contributed by atoms with Gasteiger partial charge in [0.15, 0.2) is 0 Å². The van der Waals surface area contributed by atoms with Crippen LogP contribution in [-0.2, 0) is 13.0 Å². The van der Waals surface area contributed by atoms with Gasteiger partial charge in [-0.15, -0.1) is 0 Å². The van der Waals surface area contributed by atoms with Crippen molar-refractivity contribution in [3.63, 3.8) is 0 Å². The van der Waals surface area contributed by atoms with Crippen LogP contribution in [0.4, 0.5) is 5.69 Å². The maximum absolute atomic E-state index is 3.44. The van der Waals surface area contributed by atoms with Gasteiger partial charge in [0.05, 0.1) is 0 Å². The molecule has 0 saturated heterocycles. The van der Waals surface area contributed by atoms with E-state index in [1.807, 2.05) is 0 Å². The average molecular weight is 272 g/mol. The molecule has 1 saturated carbocycles. The number of hydrogen-bond donors (Lipinski definition) is 1. The van der Waals surface area contributed by atoms with Crippen LogP contribution in [0.2, 0.25) is 0 Å². The quantitative estimate of drug-likeness (QED) is 0.893. The highest BCUT2D eigenvalue weighted by atomic mass is 15.1. The van der Waals surface area contributed by atoms with Gasteiger partial charge in [-0.3, -0.25) is 4.90 Å². The largest absolute Gasteiger partial charge is 0.384 e. The van der Waals surface area contributed by atoms with Gasteiger partial charge in [0.25, 0.3) is 0 Å². The van der Waals surface area contributed by atoms with Gasteiger partial charge in [0, 0.05) is 24.8 Å². The summed E-state index contributed by atoms with van der Waals surface area (Å²) in [6.07, 6.45) is 6.64. The SMILES string of the molecule is CN(Cc1ccc2c(c1)CCN2)C1CCC(C)(C)CC1. The minimum Gasteiger partial charge on any atom is -0.384 e. The van der Waals surface area contributed by atoms with E-state index in [1.165, 1.54) is 48.9 Å². The van der Waals surface area contributed by atoms with Crippen molar-refractivity contribution in [1.29, 1.82) is 0 Å². The second kappa shape index (κ2) is 5.40. The second-order valence-electron chi connectivity index (χ2n) is 7.48. The van der Waals surface area contributed by atoms with Crippen LogP contribution in [-0.4, -0.2) is 24.5 Å². The summed E-state index contributed by atoms with van der Waals surface area (Å²) in [4.78, 5) is 2.57. The van der Waals surface area contributed by atoms with Gasteiger partial charge < -0.3 is 5.32 Å². The zero-order chi connectivity index (χ0) is 14.2. The predicted octanol–water partition coefficient (Wildman–Crippen LogP) is 4.06. The standard InChI is InChI=1S/C18H28N2/c1-18(2)9-6-16(7-10-18)20(3)13-14-4-5-17-15(12-14)8-11-19-17/h4-5,12,16,19H,6-11,13H2,1-3H3. The second-order valence-corrected chi connectivity index (χ2v) is 7.48. The average Bonchev–Trinajstić information content (AvgIpc) is 2.86. The fraction of sp³-hybridized carbons (Fsp3) is 0.667. The Morgan fingerprint density at radius 1 is 1.25 bits per heavy atom. The van der Waals surface area contributed by atoms with Crippen molar-refractivity contribution in [3.05, 3.63) is 29.3 Å². The molecule has 20 heavy (non-hydrogen) atoms. The first-order valence-corrected chi connectivity index (χ1v) is 8.09. The van der Waals surface area contributed by atoms with Crippen LogP contribution >= 0.6 is 0 Å². The Morgan fingerprint density at radius 2 is 2.00 bits per heavy atom. The lowest BCUT2D eigenvalue weighted by Crippen LogP contribution is -2.36. The minimum atomic E-state index is 0.566. The fourth-order valence-electron chi connectivity index (χ4n) is 3.70. The molecule has 1 N–H and O–H groups in total. The number of fused-ring (bicyclic) bond motifs is 1. The number of hydrogen-bond acceptors (Lipinski definition) is 2. The number of benzene rings is 1. The molecular formula is C18H28N2. The summed E-state index contributed by atoms with van der Waals surface area (Å²) in [5, 5.41) is 3.44. The van der Waals surface area contributed by atoms with Gasteiger partial charge in [0.2, 0.25) is 0 Å². The lowest BCUT2D eigenvalue weighted by Gasteiger charge is -2.38. The summed E-state index contributed by atoms with van der Waals surface area (Å²) in [7, 11) is 2.30. The van der Waals surface area contributed by atoms with Crippen LogP contribution in [0.5, 0.6) is 0 Å². The van der Waals surface area contributed by atoms with Crippen molar-refractivity contribution in [3.8, 4) is 0 Å². The summed E-state index contributed by atoms with van der Waals surface area (Å²) in [5.41, 5.74) is 4.88. The lowest BCUT2D eigenvalue weighted by molar-refractivity contribution is 0.123. The van der Waals surface area contributed by atoms with Crippen LogP contribution in [0.15, 0.2) is 18.2 Å². The Morgan fingerprint density at radius 3 is 2.75 bits per heavy atom. The van der Waals surface area contributed by atoms with E-state index < -0.39 is 0 Å². The first-order chi connectivity index (χ1) is 9.53. The van der Waals surface area contributed by atoms with Crippen LogP contribution in [0, 0.1) is 5.41 Å². The van der Waals surface area contributed by atoms with E-state index >= 15 is 0 Å². The van der Waals surface area contributed by atoms with Gasteiger partial charge >= 0.3 is 0 Å². The highest BCUT2D eigenvalue weighted by Gasteiger charge is 2.28. The Bertz CT molecular complexity index is 468. The molecular weight excluding hydrogens is 244 g/mol. The Kier molecular flexibility index (Phi) is 3.76. The molecule has 1 aliphatic carbocycles. The van der Waals surface area contributed by atoms with Gasteiger partial charge in [0.1, 0.15) is 0 Å². The van der Waals surface area contributed by atoms with Crippen molar-refractivity contribution in [1.82, 2.24) is 4.90 Å². The van der Waals surface area contributed by atoms with Crippen LogP contribution in [0.25, 0.3) is 0 Å². The maximum atomic E-state index is 3.44. The lowest BCUT2D eigenvalue weighted by atomic mass is 9.75. The number of rotatable bonds is 3. The van der Waals surface area contributed by atoms with Crippen molar-refractivity contribution in [2.24, 2.45) is 5.41 Å². The molecule has 0 unspecified atom stereocenters. The predicted molar refractivity (Wildman–Crippen MR) is 86.1 cm³/mol. The molecule has 1 fully saturated rings. The van der Waals surface area contributed by atoms with Gasteiger partial charge in [-0.05, 0) is 61.8 Å². The highest BCUT2D eigenvalue weighted by molar-refractivity contribution is 5.56. The van der Waals surface area contributed by atoms with Crippen LogP contribution in [0.3, 0.4) is 0 Å². The van der Waals surface area contributed by atoms with Gasteiger partial charge in [-0.25, -0.2) is 0 Å². The molecule has 0 radical (unpaired) electrons. The number of anilines is 1. The van der Waals surface area contributed by atoms with Crippen LogP contribution < -0.4 is 5.32 Å². The molecule has 0 bridgehead atoms. The molecule has 2 heteroatoms. The highest BCUT2D eigenvalue weighted by Crippen LogP contribution is 2.37. The summed E-state index contributed by atoms with van der Waals surface area (Å²) < 4.78 is 0. The normalized spacial score (nSPS) is 21.8.